The van der Waals surface area contributed by atoms with Gasteiger partial charge in [0.25, 0.3) is 0 Å². The second-order valence-corrected chi connectivity index (χ2v) is 9.47. The molecule has 4 aromatic rings. The standard InChI is InChI=1S/C19H19N7.C6H11NO3/c1-12-6-7-13-10-15(8-9-16(13)21-12)26-18-17(24-25-26)11-20-19(23-18)22-14-4-2-3-5-14;8-5-2-1-4(3-5)7-6(9)10/h6-11,14H,2-5H2,1H3,(H,20,22,23);4-5,7-8H,1-3H2,(H,9,10)/t;4-,5-/m.1/s1. The van der Waals surface area contributed by atoms with Crippen LogP contribution in [0.15, 0.2) is 36.5 Å². The Morgan fingerprint density at radius 2 is 1.86 bits per heavy atom. The molecule has 0 aliphatic heterocycles. The van der Waals surface area contributed by atoms with Gasteiger partial charge in [-0.05, 0) is 63.3 Å². The number of aryl methyl sites for hydroxylation is 1. The Morgan fingerprint density at radius 3 is 2.61 bits per heavy atom. The van der Waals surface area contributed by atoms with Crippen molar-refractivity contribution in [2.24, 2.45) is 0 Å². The van der Waals surface area contributed by atoms with Crippen molar-refractivity contribution in [1.82, 2.24) is 35.3 Å². The zero-order valence-electron chi connectivity index (χ0n) is 20.1. The van der Waals surface area contributed by atoms with E-state index in [-0.39, 0.29) is 12.1 Å². The third-order valence-electron chi connectivity index (χ3n) is 6.67. The predicted molar refractivity (Wildman–Crippen MR) is 135 cm³/mol. The first kappa shape index (κ1) is 23.9. The van der Waals surface area contributed by atoms with Crippen molar-refractivity contribution in [2.75, 3.05) is 5.32 Å². The molecule has 6 rings (SSSR count). The second kappa shape index (κ2) is 10.4. The lowest BCUT2D eigenvalue weighted by molar-refractivity contribution is 0.174. The molecule has 4 N–H and O–H groups in total. The monoisotopic (exact) mass is 490 g/mol. The maximum atomic E-state index is 10.1. The van der Waals surface area contributed by atoms with E-state index in [1.165, 1.54) is 25.7 Å². The first-order valence-corrected chi connectivity index (χ1v) is 12.3. The highest BCUT2D eigenvalue weighted by molar-refractivity contribution is 5.82. The Hall–Kier alpha value is -3.86. The summed E-state index contributed by atoms with van der Waals surface area (Å²) in [7, 11) is 0. The van der Waals surface area contributed by atoms with Crippen LogP contribution >= 0.6 is 0 Å². The Bertz CT molecular complexity index is 1370. The fourth-order valence-electron chi connectivity index (χ4n) is 4.83. The summed E-state index contributed by atoms with van der Waals surface area (Å²) in [6, 6.07) is 10.6. The summed E-state index contributed by atoms with van der Waals surface area (Å²) in [6.45, 7) is 1.99. The molecule has 0 radical (unpaired) electrons. The van der Waals surface area contributed by atoms with Gasteiger partial charge in [-0.15, -0.1) is 5.10 Å². The first-order chi connectivity index (χ1) is 17.4. The number of amides is 1. The minimum atomic E-state index is -1.00. The van der Waals surface area contributed by atoms with Gasteiger partial charge in [-0.2, -0.15) is 9.67 Å². The number of carboxylic acid groups (broad SMARTS) is 1. The number of nitrogens with one attached hydrogen (secondary N) is 2. The summed E-state index contributed by atoms with van der Waals surface area (Å²) in [4.78, 5) is 23.7. The predicted octanol–water partition coefficient (Wildman–Crippen LogP) is 3.59. The summed E-state index contributed by atoms with van der Waals surface area (Å²) in [5.41, 5.74) is 4.28. The van der Waals surface area contributed by atoms with E-state index in [2.05, 4.69) is 48.0 Å². The summed E-state index contributed by atoms with van der Waals surface area (Å²) in [6.07, 6.45) is 7.34. The minimum absolute atomic E-state index is 0.0347. The number of anilines is 1. The number of aromatic nitrogens is 6. The molecule has 3 heterocycles. The molecule has 2 saturated carbocycles. The molecule has 1 amide bonds. The number of hydrogen-bond acceptors (Lipinski definition) is 8. The van der Waals surface area contributed by atoms with Crippen LogP contribution in [0.25, 0.3) is 27.8 Å². The summed E-state index contributed by atoms with van der Waals surface area (Å²) in [5, 5.41) is 32.6. The van der Waals surface area contributed by atoms with Crippen LogP contribution < -0.4 is 10.6 Å². The molecule has 0 unspecified atom stereocenters. The molecule has 0 bridgehead atoms. The number of nitrogens with zero attached hydrogens (tertiary/aromatic N) is 6. The number of benzene rings is 1. The number of aliphatic hydroxyl groups excluding tert-OH is 1. The van der Waals surface area contributed by atoms with Gasteiger partial charge in [0.05, 0.1) is 23.5 Å². The summed E-state index contributed by atoms with van der Waals surface area (Å²) < 4.78 is 1.76. The Kier molecular flexibility index (Phi) is 6.90. The number of carbonyl (C=O) groups is 1. The van der Waals surface area contributed by atoms with Crippen molar-refractivity contribution in [3.05, 3.63) is 42.2 Å². The highest BCUT2D eigenvalue weighted by atomic mass is 16.4. The van der Waals surface area contributed by atoms with Crippen LogP contribution in [-0.4, -0.2) is 64.4 Å². The number of rotatable bonds is 4. The highest BCUT2D eigenvalue weighted by Crippen LogP contribution is 2.23. The zero-order chi connectivity index (χ0) is 25.1. The van der Waals surface area contributed by atoms with Crippen molar-refractivity contribution >= 4 is 34.1 Å². The lowest BCUT2D eigenvalue weighted by Crippen LogP contribution is -2.31. The van der Waals surface area contributed by atoms with Crippen molar-refractivity contribution in [3.63, 3.8) is 0 Å². The maximum Gasteiger partial charge on any atom is 0.404 e. The minimum Gasteiger partial charge on any atom is -0.465 e. The van der Waals surface area contributed by atoms with Gasteiger partial charge in [0.1, 0.15) is 0 Å². The van der Waals surface area contributed by atoms with E-state index in [1.807, 2.05) is 25.1 Å². The zero-order valence-corrected chi connectivity index (χ0v) is 20.1. The quantitative estimate of drug-likeness (QED) is 0.336. The Morgan fingerprint density at radius 1 is 1.03 bits per heavy atom. The maximum absolute atomic E-state index is 10.1. The molecule has 0 spiro atoms. The molecule has 188 valence electrons. The first-order valence-electron chi connectivity index (χ1n) is 12.3. The fourth-order valence-corrected chi connectivity index (χ4v) is 4.83. The number of pyridine rings is 1. The van der Waals surface area contributed by atoms with Crippen LogP contribution in [0.2, 0.25) is 0 Å². The van der Waals surface area contributed by atoms with Crippen LogP contribution in [0.5, 0.6) is 0 Å². The van der Waals surface area contributed by atoms with Gasteiger partial charge in [0.15, 0.2) is 11.2 Å². The number of hydrogen-bond donors (Lipinski definition) is 4. The lowest BCUT2D eigenvalue weighted by atomic mass is 10.2. The molecular weight excluding hydrogens is 460 g/mol. The summed E-state index contributed by atoms with van der Waals surface area (Å²) in [5.74, 6) is 0.644. The van der Waals surface area contributed by atoms with E-state index in [0.29, 0.717) is 36.0 Å². The third kappa shape index (κ3) is 5.51. The number of fused-ring (bicyclic) bond motifs is 2. The van der Waals surface area contributed by atoms with E-state index < -0.39 is 6.09 Å². The van der Waals surface area contributed by atoms with Crippen molar-refractivity contribution in [3.8, 4) is 5.69 Å². The van der Waals surface area contributed by atoms with Crippen molar-refractivity contribution < 1.29 is 15.0 Å². The van der Waals surface area contributed by atoms with E-state index in [4.69, 9.17) is 10.2 Å². The molecule has 2 fully saturated rings. The molecule has 2 aliphatic carbocycles. The molecule has 0 saturated heterocycles. The molecule has 1 aromatic carbocycles. The average molecular weight is 491 g/mol. The van der Waals surface area contributed by atoms with Gasteiger partial charge in [0.2, 0.25) is 5.95 Å². The van der Waals surface area contributed by atoms with Gasteiger partial charge in [-0.1, -0.05) is 24.1 Å². The second-order valence-electron chi connectivity index (χ2n) is 9.47. The van der Waals surface area contributed by atoms with E-state index in [0.717, 1.165) is 28.7 Å². The Balaban J connectivity index is 0.000000226. The largest absolute Gasteiger partial charge is 0.465 e. The van der Waals surface area contributed by atoms with E-state index in [1.54, 1.807) is 10.9 Å². The van der Waals surface area contributed by atoms with Crippen LogP contribution in [-0.2, 0) is 0 Å². The molecule has 11 heteroatoms. The normalized spacial score (nSPS) is 19.8. The van der Waals surface area contributed by atoms with Crippen LogP contribution in [0.4, 0.5) is 10.7 Å². The van der Waals surface area contributed by atoms with Crippen LogP contribution in [0.1, 0.15) is 50.6 Å². The Labute approximate surface area is 208 Å². The molecule has 2 aliphatic rings. The van der Waals surface area contributed by atoms with E-state index >= 15 is 0 Å². The molecule has 11 nitrogen and oxygen atoms in total. The van der Waals surface area contributed by atoms with E-state index in [9.17, 15) is 4.79 Å². The summed E-state index contributed by atoms with van der Waals surface area (Å²) >= 11 is 0. The number of aliphatic hydroxyl groups is 1. The highest BCUT2D eigenvalue weighted by Gasteiger charge is 2.23. The van der Waals surface area contributed by atoms with Gasteiger partial charge >= 0.3 is 6.09 Å². The molecule has 36 heavy (non-hydrogen) atoms. The molecular formula is C25H30N8O3. The fraction of sp³-hybridized carbons (Fsp3) is 0.440. The van der Waals surface area contributed by atoms with Gasteiger partial charge in [-0.25, -0.2) is 9.78 Å². The van der Waals surface area contributed by atoms with Crippen molar-refractivity contribution in [1.29, 1.82) is 0 Å². The average Bonchev–Trinajstić information content (AvgIpc) is 3.60. The van der Waals surface area contributed by atoms with Gasteiger partial charge < -0.3 is 20.8 Å². The smallest absolute Gasteiger partial charge is 0.404 e. The van der Waals surface area contributed by atoms with Gasteiger partial charge in [0, 0.05) is 23.2 Å². The molecule has 3 aromatic heterocycles. The van der Waals surface area contributed by atoms with Crippen LogP contribution in [0, 0.1) is 6.92 Å². The van der Waals surface area contributed by atoms with Crippen LogP contribution in [0.3, 0.4) is 0 Å². The lowest BCUT2D eigenvalue weighted by Gasteiger charge is -2.11. The molecule has 2 atom stereocenters. The topological polar surface area (TPSA) is 151 Å². The van der Waals surface area contributed by atoms with Gasteiger partial charge in [-0.3, -0.25) is 4.98 Å². The van der Waals surface area contributed by atoms with Crippen molar-refractivity contribution in [2.45, 2.75) is 70.1 Å². The third-order valence-corrected chi connectivity index (χ3v) is 6.67. The SMILES string of the molecule is Cc1ccc2cc(-n3nnc4cnc(NC5CCCC5)nc43)ccc2n1.O=C(O)N[C@@H]1CC[C@@H](O)C1.